The van der Waals surface area contributed by atoms with Crippen molar-refractivity contribution in [2.45, 2.75) is 6.54 Å². The van der Waals surface area contributed by atoms with Gasteiger partial charge < -0.3 is 14.3 Å². The predicted molar refractivity (Wildman–Crippen MR) is 82.7 cm³/mol. The van der Waals surface area contributed by atoms with Crippen LogP contribution in [0.5, 0.6) is 0 Å². The molecule has 7 heteroatoms. The molecule has 0 fully saturated rings. The Labute approximate surface area is 130 Å². The lowest BCUT2D eigenvalue weighted by molar-refractivity contribution is 0.0782. The fourth-order valence-electron chi connectivity index (χ4n) is 2.05. The summed E-state index contributed by atoms with van der Waals surface area (Å²) in [5.41, 5.74) is 2.69. The maximum atomic E-state index is 12.3. The summed E-state index contributed by atoms with van der Waals surface area (Å²) in [6.07, 6.45) is 1.52. The van der Waals surface area contributed by atoms with Crippen LogP contribution in [0.4, 0.5) is 0 Å². The summed E-state index contributed by atoms with van der Waals surface area (Å²) in [5, 5.41) is 1.87. The number of rotatable bonds is 4. The van der Waals surface area contributed by atoms with Crippen LogP contribution in [0.15, 0.2) is 50.6 Å². The van der Waals surface area contributed by atoms with Crippen LogP contribution in [0.1, 0.15) is 16.1 Å². The zero-order valence-electron chi connectivity index (χ0n) is 11.8. The van der Waals surface area contributed by atoms with E-state index >= 15 is 0 Å². The van der Waals surface area contributed by atoms with Crippen LogP contribution < -0.4 is 5.56 Å². The lowest BCUT2D eigenvalue weighted by Gasteiger charge is -2.15. The maximum Gasteiger partial charge on any atom is 0.261 e. The van der Waals surface area contributed by atoms with Gasteiger partial charge in [-0.2, -0.15) is 0 Å². The minimum absolute atomic E-state index is 0.0908. The molecule has 0 bridgehead atoms. The van der Waals surface area contributed by atoms with Gasteiger partial charge in [-0.25, -0.2) is 4.98 Å². The number of carbonyl (C=O) groups excluding carboxylic acids is 1. The molecule has 3 rings (SSSR count). The number of hydrogen-bond acceptors (Lipinski definition) is 5. The van der Waals surface area contributed by atoms with Crippen molar-refractivity contribution in [3.05, 3.63) is 63.0 Å². The van der Waals surface area contributed by atoms with Gasteiger partial charge in [0.1, 0.15) is 11.3 Å². The van der Waals surface area contributed by atoms with Gasteiger partial charge in [-0.15, -0.1) is 11.3 Å². The van der Waals surface area contributed by atoms with Crippen molar-refractivity contribution < 1.29 is 9.21 Å². The first-order valence-corrected chi connectivity index (χ1v) is 7.49. The first kappa shape index (κ1) is 14.3. The highest BCUT2D eigenvalue weighted by atomic mass is 32.1. The lowest BCUT2D eigenvalue weighted by atomic mass is 10.2. The lowest BCUT2D eigenvalue weighted by Crippen LogP contribution is -2.31. The van der Waals surface area contributed by atoms with Crippen molar-refractivity contribution in [3.8, 4) is 11.5 Å². The highest BCUT2D eigenvalue weighted by molar-refractivity contribution is 7.07. The largest absolute Gasteiger partial charge is 0.463 e. The molecule has 0 saturated carbocycles. The first-order chi connectivity index (χ1) is 10.6. The number of carbonyl (C=O) groups is 1. The summed E-state index contributed by atoms with van der Waals surface area (Å²) in [6.45, 7) is 0.363. The van der Waals surface area contributed by atoms with Crippen LogP contribution in [-0.2, 0) is 6.54 Å². The van der Waals surface area contributed by atoms with Gasteiger partial charge in [0.05, 0.1) is 29.7 Å². The van der Waals surface area contributed by atoms with E-state index in [1.165, 1.54) is 28.6 Å². The van der Waals surface area contributed by atoms with Gasteiger partial charge >= 0.3 is 0 Å². The number of furan rings is 1. The van der Waals surface area contributed by atoms with Crippen molar-refractivity contribution in [2.75, 3.05) is 7.05 Å². The Kier molecular flexibility index (Phi) is 3.88. The average molecular weight is 315 g/mol. The number of aromatic nitrogens is 2. The average Bonchev–Trinajstić information content (AvgIpc) is 3.19. The third kappa shape index (κ3) is 2.84. The third-order valence-corrected chi connectivity index (χ3v) is 3.79. The molecule has 0 aromatic carbocycles. The Bertz CT molecular complexity index is 822. The Hall–Kier alpha value is -2.67. The van der Waals surface area contributed by atoms with Crippen LogP contribution in [0.3, 0.4) is 0 Å². The quantitative estimate of drug-likeness (QED) is 0.801. The smallest absolute Gasteiger partial charge is 0.261 e. The molecule has 3 aromatic rings. The van der Waals surface area contributed by atoms with Crippen LogP contribution >= 0.6 is 11.3 Å². The second-order valence-corrected chi connectivity index (χ2v) is 5.45. The molecule has 0 atom stereocenters. The summed E-state index contributed by atoms with van der Waals surface area (Å²) in [4.78, 5) is 32.7. The van der Waals surface area contributed by atoms with Gasteiger partial charge in [0, 0.05) is 12.4 Å². The van der Waals surface area contributed by atoms with Crippen molar-refractivity contribution in [3.63, 3.8) is 0 Å². The number of nitrogens with one attached hydrogen (secondary N) is 1. The number of H-pyrrole nitrogens is 1. The minimum atomic E-state index is -0.441. The van der Waals surface area contributed by atoms with Gasteiger partial charge in [-0.1, -0.05) is 0 Å². The SMILES string of the molecule is CN(Cc1cscn1)C(=O)c1ccc(-c2ccco2)[nH]c1=O. The molecule has 0 aliphatic rings. The molecule has 0 aliphatic heterocycles. The van der Waals surface area contributed by atoms with Gasteiger partial charge in [-0.3, -0.25) is 9.59 Å². The molecule has 0 aliphatic carbocycles. The predicted octanol–water partition coefficient (Wildman–Crippen LogP) is 2.36. The molecular formula is C15H13N3O3S. The van der Waals surface area contributed by atoms with Crippen LogP contribution in [0.2, 0.25) is 0 Å². The standard InChI is InChI=1S/C15H13N3O3S/c1-18(7-10-8-22-9-16-10)15(20)11-4-5-12(17-14(11)19)13-3-2-6-21-13/h2-6,8-9H,7H2,1H3,(H,17,19). The summed E-state index contributed by atoms with van der Waals surface area (Å²) in [5.74, 6) is 0.201. The number of pyridine rings is 1. The zero-order chi connectivity index (χ0) is 15.5. The van der Waals surface area contributed by atoms with Gasteiger partial charge in [0.2, 0.25) is 0 Å². The van der Waals surface area contributed by atoms with E-state index in [-0.39, 0.29) is 11.5 Å². The number of amides is 1. The molecule has 112 valence electrons. The molecule has 0 spiro atoms. The van der Waals surface area contributed by atoms with E-state index in [0.29, 0.717) is 18.0 Å². The fraction of sp³-hybridized carbons (Fsp3) is 0.133. The molecule has 3 heterocycles. The van der Waals surface area contributed by atoms with Crippen LogP contribution in [0, 0.1) is 0 Å². The normalized spacial score (nSPS) is 10.6. The number of thiazole rings is 1. The first-order valence-electron chi connectivity index (χ1n) is 6.55. The fourth-order valence-corrected chi connectivity index (χ4v) is 2.60. The monoisotopic (exact) mass is 315 g/mol. The third-order valence-electron chi connectivity index (χ3n) is 3.16. The molecule has 1 N–H and O–H groups in total. The summed E-state index contributed by atoms with van der Waals surface area (Å²) in [6, 6.07) is 6.64. The van der Waals surface area contributed by atoms with Gasteiger partial charge in [-0.05, 0) is 24.3 Å². The number of hydrogen-bond donors (Lipinski definition) is 1. The van der Waals surface area contributed by atoms with E-state index in [9.17, 15) is 9.59 Å². The molecule has 0 unspecified atom stereocenters. The van der Waals surface area contributed by atoms with E-state index in [1.807, 2.05) is 5.38 Å². The van der Waals surface area contributed by atoms with Crippen molar-refractivity contribution in [1.82, 2.24) is 14.9 Å². The van der Waals surface area contributed by atoms with E-state index in [2.05, 4.69) is 9.97 Å². The van der Waals surface area contributed by atoms with E-state index in [1.54, 1.807) is 30.8 Å². The van der Waals surface area contributed by atoms with E-state index in [0.717, 1.165) is 5.69 Å². The highest BCUT2D eigenvalue weighted by Gasteiger charge is 2.17. The molecule has 0 saturated heterocycles. The van der Waals surface area contributed by atoms with E-state index < -0.39 is 5.56 Å². The van der Waals surface area contributed by atoms with Crippen LogP contribution in [0.25, 0.3) is 11.5 Å². The molecule has 6 nitrogen and oxygen atoms in total. The van der Waals surface area contributed by atoms with Crippen molar-refractivity contribution in [2.24, 2.45) is 0 Å². The maximum absolute atomic E-state index is 12.3. The Balaban J connectivity index is 1.82. The Morgan fingerprint density at radius 2 is 2.27 bits per heavy atom. The second-order valence-electron chi connectivity index (χ2n) is 4.73. The molecule has 1 amide bonds. The highest BCUT2D eigenvalue weighted by Crippen LogP contribution is 2.16. The number of nitrogens with zero attached hydrogens (tertiary/aromatic N) is 2. The summed E-state index contributed by atoms with van der Waals surface area (Å²) in [7, 11) is 1.64. The summed E-state index contributed by atoms with van der Waals surface area (Å²) >= 11 is 1.47. The molecular weight excluding hydrogens is 302 g/mol. The molecule has 0 radical (unpaired) electrons. The molecule has 22 heavy (non-hydrogen) atoms. The van der Waals surface area contributed by atoms with Gasteiger partial charge in [0.15, 0.2) is 0 Å². The van der Waals surface area contributed by atoms with Gasteiger partial charge in [0.25, 0.3) is 11.5 Å². The Morgan fingerprint density at radius 3 is 2.91 bits per heavy atom. The minimum Gasteiger partial charge on any atom is -0.463 e. The zero-order valence-corrected chi connectivity index (χ0v) is 12.6. The van der Waals surface area contributed by atoms with Crippen LogP contribution in [-0.4, -0.2) is 27.8 Å². The van der Waals surface area contributed by atoms with E-state index in [4.69, 9.17) is 4.42 Å². The second kappa shape index (κ2) is 5.98. The van der Waals surface area contributed by atoms with Crippen molar-refractivity contribution >= 4 is 17.2 Å². The van der Waals surface area contributed by atoms with Crippen molar-refractivity contribution in [1.29, 1.82) is 0 Å². The molecule has 3 aromatic heterocycles. The summed E-state index contributed by atoms with van der Waals surface area (Å²) < 4.78 is 5.22. The Morgan fingerprint density at radius 1 is 1.41 bits per heavy atom. The number of aromatic amines is 1. The topological polar surface area (TPSA) is 79.2 Å².